The van der Waals surface area contributed by atoms with Crippen LogP contribution in [0.3, 0.4) is 0 Å². The average molecular weight is 292 g/mol. The molecule has 1 fully saturated rings. The van der Waals surface area contributed by atoms with E-state index in [0.29, 0.717) is 6.54 Å². The van der Waals surface area contributed by atoms with Gasteiger partial charge < -0.3 is 15.2 Å². The minimum Gasteiger partial charge on any atom is -0.347 e. The van der Waals surface area contributed by atoms with E-state index in [9.17, 15) is 9.59 Å². The highest BCUT2D eigenvalue weighted by molar-refractivity contribution is 5.82. The predicted molar refractivity (Wildman–Crippen MR) is 79.3 cm³/mol. The van der Waals surface area contributed by atoms with Crippen LogP contribution < -0.4 is 5.32 Å². The summed E-state index contributed by atoms with van der Waals surface area (Å²) in [5.41, 5.74) is 0. The number of aromatic amines is 1. The molecule has 0 aromatic carbocycles. The normalized spacial score (nSPS) is 20.4. The van der Waals surface area contributed by atoms with Crippen LogP contribution in [0.25, 0.3) is 0 Å². The van der Waals surface area contributed by atoms with Crippen LogP contribution in [-0.2, 0) is 9.59 Å². The fraction of sp³-hybridized carbons (Fsp3) is 0.667. The van der Waals surface area contributed by atoms with Crippen molar-refractivity contribution in [2.45, 2.75) is 39.7 Å². The van der Waals surface area contributed by atoms with Crippen LogP contribution in [0.15, 0.2) is 12.4 Å². The van der Waals surface area contributed by atoms with Crippen molar-refractivity contribution in [3.05, 3.63) is 18.2 Å². The third kappa shape index (κ3) is 3.83. The number of piperidine rings is 1. The number of carbonyl (C=O) groups is 2. The average Bonchev–Trinajstić information content (AvgIpc) is 3.00. The van der Waals surface area contributed by atoms with Crippen molar-refractivity contribution in [2.24, 2.45) is 11.8 Å². The first-order valence-electron chi connectivity index (χ1n) is 7.57. The van der Waals surface area contributed by atoms with Gasteiger partial charge >= 0.3 is 0 Å². The summed E-state index contributed by atoms with van der Waals surface area (Å²) in [6, 6.07) is -0.149. The van der Waals surface area contributed by atoms with E-state index in [2.05, 4.69) is 15.3 Å². The van der Waals surface area contributed by atoms with Crippen molar-refractivity contribution in [1.82, 2.24) is 20.2 Å². The van der Waals surface area contributed by atoms with Crippen molar-refractivity contribution in [3.8, 4) is 0 Å². The molecule has 1 aromatic rings. The fourth-order valence-corrected chi connectivity index (χ4v) is 2.67. The molecule has 1 aromatic heterocycles. The van der Waals surface area contributed by atoms with E-state index in [1.165, 1.54) is 0 Å². The minimum absolute atomic E-state index is 0.000145. The Morgan fingerprint density at radius 1 is 1.43 bits per heavy atom. The number of imidazole rings is 1. The van der Waals surface area contributed by atoms with Gasteiger partial charge in [-0.2, -0.15) is 0 Å². The summed E-state index contributed by atoms with van der Waals surface area (Å²) >= 11 is 0. The highest BCUT2D eigenvalue weighted by Crippen LogP contribution is 2.19. The Bertz CT molecular complexity index is 484. The maximum Gasteiger partial charge on any atom is 0.225 e. The van der Waals surface area contributed by atoms with E-state index >= 15 is 0 Å². The van der Waals surface area contributed by atoms with Gasteiger partial charge in [-0.25, -0.2) is 4.98 Å². The molecule has 6 nitrogen and oxygen atoms in total. The number of aromatic nitrogens is 2. The summed E-state index contributed by atoms with van der Waals surface area (Å²) in [6.07, 6.45) is 5.12. The number of nitrogens with one attached hydrogen (secondary N) is 2. The Morgan fingerprint density at radius 2 is 2.19 bits per heavy atom. The van der Waals surface area contributed by atoms with Gasteiger partial charge in [0.05, 0.1) is 12.0 Å². The third-order valence-electron chi connectivity index (χ3n) is 3.89. The highest BCUT2D eigenvalue weighted by atomic mass is 16.2. The van der Waals surface area contributed by atoms with Crippen LogP contribution in [0, 0.1) is 11.8 Å². The van der Waals surface area contributed by atoms with Gasteiger partial charge in [-0.05, 0) is 19.8 Å². The monoisotopic (exact) mass is 292 g/mol. The molecule has 2 unspecified atom stereocenters. The number of H-pyrrole nitrogens is 1. The first-order chi connectivity index (χ1) is 9.99. The van der Waals surface area contributed by atoms with E-state index in [1.807, 2.05) is 25.7 Å². The lowest BCUT2D eigenvalue weighted by atomic mass is 9.96. The van der Waals surface area contributed by atoms with Gasteiger partial charge in [0.1, 0.15) is 5.82 Å². The molecule has 2 N–H and O–H groups in total. The molecular formula is C15H24N4O2. The Balaban J connectivity index is 1.91. The number of amides is 2. The van der Waals surface area contributed by atoms with E-state index in [0.717, 1.165) is 25.2 Å². The summed E-state index contributed by atoms with van der Waals surface area (Å²) in [7, 11) is 0. The minimum atomic E-state index is -0.149. The van der Waals surface area contributed by atoms with Crippen LogP contribution >= 0.6 is 0 Å². The van der Waals surface area contributed by atoms with Crippen LogP contribution in [-0.4, -0.2) is 39.8 Å². The third-order valence-corrected chi connectivity index (χ3v) is 3.89. The first kappa shape index (κ1) is 15.5. The zero-order valence-corrected chi connectivity index (χ0v) is 12.9. The molecule has 2 amide bonds. The first-order valence-corrected chi connectivity index (χ1v) is 7.57. The number of hydrogen-bond donors (Lipinski definition) is 2. The Labute approximate surface area is 125 Å². The molecule has 6 heteroatoms. The number of likely N-dealkylation sites (tertiary alicyclic amines) is 1. The fourth-order valence-electron chi connectivity index (χ4n) is 2.67. The largest absolute Gasteiger partial charge is 0.347 e. The number of hydrogen-bond acceptors (Lipinski definition) is 3. The van der Waals surface area contributed by atoms with Crippen molar-refractivity contribution >= 4 is 11.8 Å². The lowest BCUT2D eigenvalue weighted by Crippen LogP contribution is -2.47. The van der Waals surface area contributed by atoms with E-state index in [-0.39, 0.29) is 29.7 Å². The molecular weight excluding hydrogens is 268 g/mol. The van der Waals surface area contributed by atoms with Crippen LogP contribution in [0.4, 0.5) is 0 Å². The second-order valence-corrected chi connectivity index (χ2v) is 5.98. The van der Waals surface area contributed by atoms with Crippen LogP contribution in [0.2, 0.25) is 0 Å². The smallest absolute Gasteiger partial charge is 0.225 e. The van der Waals surface area contributed by atoms with E-state index in [4.69, 9.17) is 0 Å². The lowest BCUT2D eigenvalue weighted by Gasteiger charge is -2.33. The van der Waals surface area contributed by atoms with Gasteiger partial charge in [0, 0.05) is 31.4 Å². The number of carbonyl (C=O) groups excluding carboxylic acids is 2. The number of rotatable bonds is 4. The standard InChI is InChI=1S/C15H24N4O2/c1-10(2)15(21)19-8-4-5-12(9-19)14(20)18-11(3)13-16-6-7-17-13/h6-7,10-12H,4-5,8-9H2,1-3H3,(H,16,17)(H,18,20). The van der Waals surface area contributed by atoms with Crippen molar-refractivity contribution in [3.63, 3.8) is 0 Å². The topological polar surface area (TPSA) is 78.1 Å². The molecule has 0 saturated carbocycles. The quantitative estimate of drug-likeness (QED) is 0.882. The summed E-state index contributed by atoms with van der Waals surface area (Å²) in [6.45, 7) is 6.97. The zero-order valence-electron chi connectivity index (χ0n) is 12.9. The zero-order chi connectivity index (χ0) is 15.4. The van der Waals surface area contributed by atoms with Gasteiger partial charge in [-0.15, -0.1) is 0 Å². The Hall–Kier alpha value is -1.85. The van der Waals surface area contributed by atoms with Crippen LogP contribution in [0.1, 0.15) is 45.5 Å². The molecule has 2 rings (SSSR count). The van der Waals surface area contributed by atoms with Gasteiger partial charge in [0.25, 0.3) is 0 Å². The maximum atomic E-state index is 12.4. The number of nitrogens with zero attached hydrogens (tertiary/aromatic N) is 2. The molecule has 116 valence electrons. The molecule has 2 heterocycles. The van der Waals surface area contributed by atoms with Crippen LogP contribution in [0.5, 0.6) is 0 Å². The Morgan fingerprint density at radius 3 is 2.81 bits per heavy atom. The molecule has 1 aliphatic heterocycles. The SMILES string of the molecule is CC(C)C(=O)N1CCCC(C(=O)NC(C)c2ncc[nH]2)C1. The van der Waals surface area contributed by atoms with Gasteiger partial charge in [0.2, 0.25) is 11.8 Å². The van der Waals surface area contributed by atoms with Crippen molar-refractivity contribution in [1.29, 1.82) is 0 Å². The van der Waals surface area contributed by atoms with Gasteiger partial charge in [0.15, 0.2) is 0 Å². The molecule has 21 heavy (non-hydrogen) atoms. The summed E-state index contributed by atoms with van der Waals surface area (Å²) in [4.78, 5) is 33.4. The molecule has 0 bridgehead atoms. The van der Waals surface area contributed by atoms with Gasteiger partial charge in [-0.1, -0.05) is 13.8 Å². The summed E-state index contributed by atoms with van der Waals surface area (Å²) in [5, 5.41) is 2.97. The Kier molecular flexibility index (Phi) is 4.98. The van der Waals surface area contributed by atoms with Crippen molar-refractivity contribution < 1.29 is 9.59 Å². The molecule has 1 saturated heterocycles. The van der Waals surface area contributed by atoms with Gasteiger partial charge in [-0.3, -0.25) is 9.59 Å². The summed E-state index contributed by atoms with van der Waals surface area (Å²) < 4.78 is 0. The van der Waals surface area contributed by atoms with E-state index in [1.54, 1.807) is 12.4 Å². The molecule has 0 spiro atoms. The second-order valence-electron chi connectivity index (χ2n) is 5.98. The maximum absolute atomic E-state index is 12.4. The second kappa shape index (κ2) is 6.74. The highest BCUT2D eigenvalue weighted by Gasteiger charge is 2.30. The van der Waals surface area contributed by atoms with Crippen molar-refractivity contribution in [2.75, 3.05) is 13.1 Å². The molecule has 0 aliphatic carbocycles. The summed E-state index contributed by atoms with van der Waals surface area (Å²) in [5.74, 6) is 0.730. The van der Waals surface area contributed by atoms with E-state index < -0.39 is 0 Å². The molecule has 0 radical (unpaired) electrons. The molecule has 2 atom stereocenters. The molecule has 1 aliphatic rings. The lowest BCUT2D eigenvalue weighted by molar-refractivity contribution is -0.138. The predicted octanol–water partition coefficient (Wildman–Crippen LogP) is 1.48.